The first-order valence-electron chi connectivity index (χ1n) is 8.46. The standard InChI is InChI=1S/C18H26N4O3S/c1-12(2)22-17(14-6-8-15(25-5)9-7-14)20-21-18(22)26-11-16(23)19-13(3)10-24-4/h6-9,12-13H,10-11H2,1-5H3,(H,19,23)/t13-/m1/s1. The minimum absolute atomic E-state index is 0.0223. The second-order valence-corrected chi connectivity index (χ2v) is 7.15. The van der Waals surface area contributed by atoms with Crippen LogP contribution < -0.4 is 10.1 Å². The molecule has 0 bridgehead atoms. The summed E-state index contributed by atoms with van der Waals surface area (Å²) in [7, 11) is 3.25. The fourth-order valence-corrected chi connectivity index (χ4v) is 3.39. The zero-order chi connectivity index (χ0) is 19.1. The van der Waals surface area contributed by atoms with Crippen LogP contribution in [0.1, 0.15) is 26.8 Å². The molecule has 0 aliphatic carbocycles. The largest absolute Gasteiger partial charge is 0.497 e. The van der Waals surface area contributed by atoms with Crippen molar-refractivity contribution in [1.29, 1.82) is 0 Å². The highest BCUT2D eigenvalue weighted by Crippen LogP contribution is 2.28. The predicted octanol–water partition coefficient (Wildman–Crippen LogP) is 2.78. The maximum Gasteiger partial charge on any atom is 0.230 e. The van der Waals surface area contributed by atoms with Gasteiger partial charge in [0.1, 0.15) is 5.75 Å². The van der Waals surface area contributed by atoms with E-state index in [9.17, 15) is 4.79 Å². The summed E-state index contributed by atoms with van der Waals surface area (Å²) in [5.41, 5.74) is 0.956. The summed E-state index contributed by atoms with van der Waals surface area (Å²) in [6.45, 7) is 6.53. The lowest BCUT2D eigenvalue weighted by Crippen LogP contribution is -2.36. The highest BCUT2D eigenvalue weighted by Gasteiger charge is 2.18. The highest BCUT2D eigenvalue weighted by atomic mass is 32.2. The van der Waals surface area contributed by atoms with Crippen LogP contribution in [0.5, 0.6) is 5.75 Å². The molecule has 1 heterocycles. The first kappa shape index (κ1) is 20.3. The summed E-state index contributed by atoms with van der Waals surface area (Å²) in [5.74, 6) is 1.80. The number of amides is 1. The number of carbonyl (C=O) groups is 1. The van der Waals surface area contributed by atoms with Crippen molar-refractivity contribution in [2.45, 2.75) is 38.0 Å². The zero-order valence-corrected chi connectivity index (χ0v) is 16.7. The van der Waals surface area contributed by atoms with E-state index in [-0.39, 0.29) is 23.7 Å². The van der Waals surface area contributed by atoms with Gasteiger partial charge in [0.05, 0.1) is 19.5 Å². The van der Waals surface area contributed by atoms with Gasteiger partial charge in [0.2, 0.25) is 5.91 Å². The van der Waals surface area contributed by atoms with Crippen molar-refractivity contribution >= 4 is 17.7 Å². The van der Waals surface area contributed by atoms with Gasteiger partial charge in [-0.25, -0.2) is 0 Å². The van der Waals surface area contributed by atoms with Crippen LogP contribution in [-0.2, 0) is 9.53 Å². The molecule has 2 rings (SSSR count). The quantitative estimate of drug-likeness (QED) is 0.676. The third kappa shape index (κ3) is 5.22. The van der Waals surface area contributed by atoms with Crippen LogP contribution in [0.25, 0.3) is 11.4 Å². The summed E-state index contributed by atoms with van der Waals surface area (Å²) < 4.78 is 12.3. The third-order valence-electron chi connectivity index (χ3n) is 3.69. The predicted molar refractivity (Wildman–Crippen MR) is 103 cm³/mol. The summed E-state index contributed by atoms with van der Waals surface area (Å²) in [5, 5.41) is 12.2. The van der Waals surface area contributed by atoms with E-state index in [0.29, 0.717) is 6.61 Å². The minimum Gasteiger partial charge on any atom is -0.497 e. The van der Waals surface area contributed by atoms with E-state index in [0.717, 1.165) is 22.3 Å². The lowest BCUT2D eigenvalue weighted by Gasteiger charge is -2.15. The Bertz CT molecular complexity index is 716. The molecule has 0 fully saturated rings. The summed E-state index contributed by atoms with van der Waals surface area (Å²) in [4.78, 5) is 12.1. The number of ether oxygens (including phenoxy) is 2. The smallest absolute Gasteiger partial charge is 0.230 e. The Morgan fingerprint density at radius 2 is 1.88 bits per heavy atom. The molecule has 1 aromatic heterocycles. The Labute approximate surface area is 158 Å². The SMILES string of the molecule is COC[C@@H](C)NC(=O)CSc1nnc(-c2ccc(OC)cc2)n1C(C)C. The van der Waals surface area contributed by atoms with E-state index in [4.69, 9.17) is 9.47 Å². The van der Waals surface area contributed by atoms with Crippen molar-refractivity contribution in [1.82, 2.24) is 20.1 Å². The Morgan fingerprint density at radius 3 is 2.46 bits per heavy atom. The number of hydrogen-bond acceptors (Lipinski definition) is 6. The number of aromatic nitrogens is 3. The molecule has 0 spiro atoms. The number of benzene rings is 1. The van der Waals surface area contributed by atoms with Crippen LogP contribution in [-0.4, -0.2) is 53.3 Å². The van der Waals surface area contributed by atoms with E-state index in [1.165, 1.54) is 11.8 Å². The molecule has 26 heavy (non-hydrogen) atoms. The van der Waals surface area contributed by atoms with Crippen LogP contribution in [0.4, 0.5) is 0 Å². The maximum absolute atomic E-state index is 12.1. The van der Waals surface area contributed by atoms with Crippen LogP contribution in [0.15, 0.2) is 29.4 Å². The van der Waals surface area contributed by atoms with Gasteiger partial charge < -0.3 is 14.8 Å². The van der Waals surface area contributed by atoms with E-state index in [2.05, 4.69) is 29.4 Å². The molecule has 142 valence electrons. The van der Waals surface area contributed by atoms with Gasteiger partial charge in [-0.1, -0.05) is 11.8 Å². The zero-order valence-electron chi connectivity index (χ0n) is 15.9. The lowest BCUT2D eigenvalue weighted by atomic mass is 10.2. The van der Waals surface area contributed by atoms with E-state index >= 15 is 0 Å². The van der Waals surface area contributed by atoms with Crippen LogP contribution in [0, 0.1) is 0 Å². The van der Waals surface area contributed by atoms with Crippen molar-refractivity contribution in [2.24, 2.45) is 0 Å². The average Bonchev–Trinajstić information content (AvgIpc) is 3.04. The molecule has 8 heteroatoms. The molecule has 2 aromatic rings. The number of hydrogen-bond donors (Lipinski definition) is 1. The monoisotopic (exact) mass is 378 g/mol. The first-order chi connectivity index (χ1) is 12.5. The topological polar surface area (TPSA) is 78.3 Å². The number of nitrogens with one attached hydrogen (secondary N) is 1. The molecule has 0 unspecified atom stereocenters. The maximum atomic E-state index is 12.1. The normalized spacial score (nSPS) is 12.2. The van der Waals surface area contributed by atoms with E-state index in [1.807, 2.05) is 35.8 Å². The van der Waals surface area contributed by atoms with Gasteiger partial charge in [-0.05, 0) is 45.0 Å². The average molecular weight is 378 g/mol. The Hall–Kier alpha value is -2.06. The van der Waals surface area contributed by atoms with Gasteiger partial charge in [-0.3, -0.25) is 9.36 Å². The molecule has 0 radical (unpaired) electrons. The van der Waals surface area contributed by atoms with Gasteiger partial charge >= 0.3 is 0 Å². The Kier molecular flexibility index (Phi) is 7.47. The second kappa shape index (κ2) is 9.59. The fraction of sp³-hybridized carbons (Fsp3) is 0.500. The number of rotatable bonds is 9. The second-order valence-electron chi connectivity index (χ2n) is 6.21. The lowest BCUT2D eigenvalue weighted by molar-refractivity contribution is -0.119. The van der Waals surface area contributed by atoms with Crippen molar-refractivity contribution in [3.8, 4) is 17.1 Å². The van der Waals surface area contributed by atoms with Crippen LogP contribution >= 0.6 is 11.8 Å². The molecule has 1 aromatic carbocycles. The molecule has 0 aliphatic rings. The summed E-state index contributed by atoms with van der Waals surface area (Å²) >= 11 is 1.38. The molecule has 0 saturated carbocycles. The van der Waals surface area contributed by atoms with Gasteiger partial charge in [-0.2, -0.15) is 0 Å². The number of carbonyl (C=O) groups excluding carboxylic acids is 1. The number of nitrogens with zero attached hydrogens (tertiary/aromatic N) is 3. The molecular formula is C18H26N4O3S. The number of thioether (sulfide) groups is 1. The molecule has 1 amide bonds. The van der Waals surface area contributed by atoms with Gasteiger partial charge in [0.25, 0.3) is 0 Å². The summed E-state index contributed by atoms with van der Waals surface area (Å²) in [6.07, 6.45) is 0. The molecule has 0 aliphatic heterocycles. The van der Waals surface area contributed by atoms with Gasteiger partial charge in [0.15, 0.2) is 11.0 Å². The van der Waals surface area contributed by atoms with Crippen LogP contribution in [0.3, 0.4) is 0 Å². The Morgan fingerprint density at radius 1 is 1.19 bits per heavy atom. The molecular weight excluding hydrogens is 352 g/mol. The van der Waals surface area contributed by atoms with Crippen molar-refractivity contribution in [3.63, 3.8) is 0 Å². The van der Waals surface area contributed by atoms with Gasteiger partial charge in [-0.15, -0.1) is 10.2 Å². The van der Waals surface area contributed by atoms with Gasteiger partial charge in [0, 0.05) is 24.8 Å². The minimum atomic E-state index is -0.0520. The summed E-state index contributed by atoms with van der Waals surface area (Å²) in [6, 6.07) is 7.84. The Balaban J connectivity index is 2.12. The molecule has 1 N–H and O–H groups in total. The fourth-order valence-electron chi connectivity index (χ4n) is 2.52. The number of methoxy groups -OCH3 is 2. The highest BCUT2D eigenvalue weighted by molar-refractivity contribution is 7.99. The van der Waals surface area contributed by atoms with Crippen molar-refractivity contribution in [2.75, 3.05) is 26.6 Å². The molecule has 1 atom stereocenters. The van der Waals surface area contributed by atoms with Crippen molar-refractivity contribution in [3.05, 3.63) is 24.3 Å². The third-order valence-corrected chi connectivity index (χ3v) is 4.63. The van der Waals surface area contributed by atoms with Crippen molar-refractivity contribution < 1.29 is 14.3 Å². The van der Waals surface area contributed by atoms with E-state index in [1.54, 1.807) is 14.2 Å². The molecule has 0 saturated heterocycles. The van der Waals surface area contributed by atoms with E-state index < -0.39 is 0 Å². The first-order valence-corrected chi connectivity index (χ1v) is 9.45. The molecule has 7 nitrogen and oxygen atoms in total. The van der Waals surface area contributed by atoms with Crippen LogP contribution in [0.2, 0.25) is 0 Å².